The Hall–Kier alpha value is -3.91. The lowest BCUT2D eigenvalue weighted by molar-refractivity contribution is -0.0543. The van der Waals surface area contributed by atoms with Crippen LogP contribution in [-0.4, -0.2) is 99.6 Å². The molecule has 1 aromatic carbocycles. The number of aromatic nitrogens is 5. The van der Waals surface area contributed by atoms with Crippen LogP contribution in [0.3, 0.4) is 0 Å². The van der Waals surface area contributed by atoms with Crippen molar-refractivity contribution in [2.45, 2.75) is 62.3 Å². The zero-order chi connectivity index (χ0) is 32.3. The van der Waals surface area contributed by atoms with Crippen LogP contribution < -0.4 is 9.64 Å². The first-order chi connectivity index (χ1) is 22.8. The third-order valence-electron chi connectivity index (χ3n) is 10.1. The van der Waals surface area contributed by atoms with Gasteiger partial charge in [0.2, 0.25) is 0 Å². The molecule has 3 saturated heterocycles. The predicted octanol–water partition coefficient (Wildman–Crippen LogP) is 5.72. The van der Waals surface area contributed by atoms with E-state index < -0.39 is 36.0 Å². The minimum atomic E-state index is -1.50. The Morgan fingerprint density at radius 2 is 2.02 bits per heavy atom. The predicted molar refractivity (Wildman–Crippen MR) is 167 cm³/mol. The smallest absolute Gasteiger partial charge is 0.461 e. The summed E-state index contributed by atoms with van der Waals surface area (Å²) in [6.07, 6.45) is 4.57. The summed E-state index contributed by atoms with van der Waals surface area (Å²) in [5.74, 6) is -0.448. The molecule has 3 atom stereocenters. The van der Waals surface area contributed by atoms with Gasteiger partial charge in [-0.05, 0) is 56.7 Å². The van der Waals surface area contributed by atoms with Gasteiger partial charge in [-0.25, -0.2) is 18.0 Å². The Balaban J connectivity index is 1.30. The van der Waals surface area contributed by atoms with Gasteiger partial charge in [0.15, 0.2) is 11.4 Å². The highest BCUT2D eigenvalue weighted by atomic mass is 35.5. The van der Waals surface area contributed by atoms with Crippen LogP contribution in [0.4, 0.5) is 23.8 Å². The average molecular weight is 672 g/mol. The van der Waals surface area contributed by atoms with Crippen molar-refractivity contribution in [2.75, 3.05) is 51.0 Å². The highest BCUT2D eigenvalue weighted by Crippen LogP contribution is 2.43. The molecule has 11 nitrogen and oxygen atoms in total. The first-order valence-corrected chi connectivity index (χ1v) is 16.4. The molecular formula is C32H33ClF3N7O4. The Morgan fingerprint density at radius 3 is 2.89 bits per heavy atom. The number of anilines is 1. The number of nitrogens with zero attached hydrogens (tertiary/aromatic N) is 6. The second kappa shape index (κ2) is 11.7. The molecule has 0 aliphatic carbocycles. The number of piperidine rings is 1. The minimum absolute atomic E-state index is 0.0118. The Labute approximate surface area is 272 Å². The van der Waals surface area contributed by atoms with Gasteiger partial charge in [0, 0.05) is 41.7 Å². The van der Waals surface area contributed by atoms with E-state index in [1.165, 1.54) is 6.20 Å². The molecule has 6 bridgehead atoms. The van der Waals surface area contributed by atoms with Crippen molar-refractivity contribution < 1.29 is 32.2 Å². The molecule has 47 heavy (non-hydrogen) atoms. The largest absolute Gasteiger partial charge is 0.508 e. The molecule has 9 rings (SSSR count). The number of aromatic amines is 1. The minimum Gasteiger partial charge on any atom is -0.461 e. The number of carbonyl (C=O) groups is 1. The van der Waals surface area contributed by atoms with E-state index in [1.54, 1.807) is 17.2 Å². The van der Waals surface area contributed by atoms with Crippen molar-refractivity contribution in [1.82, 2.24) is 30.0 Å². The second-order valence-electron chi connectivity index (χ2n) is 13.1. The fourth-order valence-corrected chi connectivity index (χ4v) is 8.17. The highest BCUT2D eigenvalue weighted by Gasteiger charge is 2.49. The van der Waals surface area contributed by atoms with Crippen molar-refractivity contribution in [3.8, 4) is 17.3 Å². The summed E-state index contributed by atoms with van der Waals surface area (Å²) in [4.78, 5) is 30.5. The maximum absolute atomic E-state index is 17.0. The van der Waals surface area contributed by atoms with Crippen molar-refractivity contribution in [3.63, 3.8) is 0 Å². The number of hydrogen-bond donors (Lipinski definition) is 1. The number of fused-ring (bicyclic) bond motifs is 8. The molecular weight excluding hydrogens is 639 g/mol. The fourth-order valence-electron chi connectivity index (χ4n) is 7.87. The second-order valence-corrected chi connectivity index (χ2v) is 13.5. The number of halogens is 4. The SMILES string of the molecule is O=C1OCCCc2c(Cl)cc3[nH]ncc3c2-c2ncc3c(nc(OC[C@@]45CCCN4C[C@H](F)C5)nc3c2F)N2CCC[C@](CF)(C2)O1. The number of H-pyrrole nitrogens is 1. The third kappa shape index (κ3) is 5.20. The normalized spacial score (nSPS) is 26.5. The van der Waals surface area contributed by atoms with Gasteiger partial charge in [-0.3, -0.25) is 15.0 Å². The van der Waals surface area contributed by atoms with Crippen LogP contribution in [-0.2, 0) is 15.9 Å². The number of carbonyl (C=O) groups excluding carboxylic acids is 1. The molecule has 0 spiro atoms. The number of alkyl halides is 2. The average Bonchev–Trinajstić information content (AvgIpc) is 3.76. The van der Waals surface area contributed by atoms with Crippen LogP contribution in [0.5, 0.6) is 6.01 Å². The van der Waals surface area contributed by atoms with Gasteiger partial charge in [-0.1, -0.05) is 11.6 Å². The molecule has 5 aliphatic rings. The van der Waals surface area contributed by atoms with E-state index in [2.05, 4.69) is 25.1 Å². The van der Waals surface area contributed by atoms with Crippen molar-refractivity contribution in [1.29, 1.82) is 0 Å². The molecule has 15 heteroatoms. The standard InChI is InChI=1S/C32H33ClF3N7O4/c33-22-10-23-20(13-38-41-23)24-19(22)4-1-9-45-30(44)47-32(15-34)6-3-7-42(16-32)28-21-12-37-27(24)25(36)26(21)39-29(40-28)46-17-31-5-2-8-43(31)14-18(35)11-31/h10,12-13,18H,1-9,11,14-17H2,(H,38,41)/t18-,31+,32+/m1/s1. The summed E-state index contributed by atoms with van der Waals surface area (Å²) in [5, 5.41) is 8.28. The van der Waals surface area contributed by atoms with E-state index >= 15 is 4.39 Å². The molecule has 0 amide bonds. The van der Waals surface area contributed by atoms with Crippen LogP contribution >= 0.6 is 11.6 Å². The van der Waals surface area contributed by atoms with E-state index in [9.17, 15) is 13.6 Å². The number of benzene rings is 1. The van der Waals surface area contributed by atoms with E-state index in [0.717, 1.165) is 19.4 Å². The summed E-state index contributed by atoms with van der Waals surface area (Å²) in [6.45, 7) is 0.660. The van der Waals surface area contributed by atoms with Crippen LogP contribution in [0.1, 0.15) is 44.1 Å². The first kappa shape index (κ1) is 30.4. The molecule has 8 heterocycles. The van der Waals surface area contributed by atoms with Gasteiger partial charge < -0.3 is 19.1 Å². The van der Waals surface area contributed by atoms with Gasteiger partial charge in [0.1, 0.15) is 36.5 Å². The lowest BCUT2D eigenvalue weighted by Gasteiger charge is -2.40. The van der Waals surface area contributed by atoms with Crippen molar-refractivity contribution in [3.05, 3.63) is 34.9 Å². The Bertz CT molecular complexity index is 1880. The zero-order valence-corrected chi connectivity index (χ0v) is 26.3. The summed E-state index contributed by atoms with van der Waals surface area (Å²) in [6, 6.07) is 1.61. The number of rotatable bonds is 4. The maximum Gasteiger partial charge on any atom is 0.508 e. The molecule has 0 unspecified atom stereocenters. The fraction of sp³-hybridized carbons (Fsp3) is 0.531. The lowest BCUT2D eigenvalue weighted by Crippen LogP contribution is -2.53. The third-order valence-corrected chi connectivity index (χ3v) is 10.4. The number of pyridine rings is 1. The molecule has 5 aliphatic heterocycles. The molecule has 0 radical (unpaired) electrons. The quantitative estimate of drug-likeness (QED) is 0.270. The van der Waals surface area contributed by atoms with Crippen LogP contribution in [0.2, 0.25) is 5.02 Å². The summed E-state index contributed by atoms with van der Waals surface area (Å²) in [5.41, 5.74) is -0.399. The van der Waals surface area contributed by atoms with Gasteiger partial charge in [0.25, 0.3) is 0 Å². The highest BCUT2D eigenvalue weighted by molar-refractivity contribution is 6.33. The number of nitrogens with one attached hydrogen (secondary N) is 1. The van der Waals surface area contributed by atoms with Gasteiger partial charge in [0.05, 0.1) is 35.8 Å². The molecule has 1 N–H and O–H groups in total. The van der Waals surface area contributed by atoms with Crippen molar-refractivity contribution >= 4 is 45.4 Å². The molecule has 4 aromatic rings. The van der Waals surface area contributed by atoms with Crippen LogP contribution in [0, 0.1) is 5.82 Å². The molecule has 248 valence electrons. The van der Waals surface area contributed by atoms with E-state index in [0.29, 0.717) is 65.8 Å². The topological polar surface area (TPSA) is 119 Å². The van der Waals surface area contributed by atoms with Gasteiger partial charge in [-0.2, -0.15) is 15.1 Å². The summed E-state index contributed by atoms with van der Waals surface area (Å²) >= 11 is 6.74. The number of ether oxygens (including phenoxy) is 3. The lowest BCUT2D eigenvalue weighted by atomic mass is 9.93. The monoisotopic (exact) mass is 671 g/mol. The van der Waals surface area contributed by atoms with Crippen molar-refractivity contribution in [2.24, 2.45) is 0 Å². The van der Waals surface area contributed by atoms with Crippen LogP contribution in [0.15, 0.2) is 18.5 Å². The molecule has 3 fully saturated rings. The van der Waals surface area contributed by atoms with E-state index in [1.807, 2.05) is 0 Å². The summed E-state index contributed by atoms with van der Waals surface area (Å²) in [7, 11) is 0. The summed E-state index contributed by atoms with van der Waals surface area (Å²) < 4.78 is 63.4. The first-order valence-electron chi connectivity index (χ1n) is 16.0. The zero-order valence-electron chi connectivity index (χ0n) is 25.5. The number of hydrogen-bond acceptors (Lipinski definition) is 10. The molecule has 3 aromatic heterocycles. The van der Waals surface area contributed by atoms with Crippen LogP contribution in [0.25, 0.3) is 33.1 Å². The Kier molecular flexibility index (Phi) is 7.54. The molecule has 0 saturated carbocycles. The van der Waals surface area contributed by atoms with Gasteiger partial charge >= 0.3 is 12.2 Å². The van der Waals surface area contributed by atoms with E-state index in [-0.39, 0.29) is 54.6 Å². The maximum atomic E-state index is 17.0. The van der Waals surface area contributed by atoms with E-state index in [4.69, 9.17) is 30.8 Å². The Morgan fingerprint density at radius 1 is 1.15 bits per heavy atom. The van der Waals surface area contributed by atoms with Gasteiger partial charge in [-0.15, -0.1) is 0 Å².